The molecule has 3 aromatic rings. The van der Waals surface area contributed by atoms with Gasteiger partial charge in [0.1, 0.15) is 16.1 Å². The summed E-state index contributed by atoms with van der Waals surface area (Å²) in [6, 6.07) is 6.07. The predicted octanol–water partition coefficient (Wildman–Crippen LogP) is 8.13. The van der Waals surface area contributed by atoms with Crippen LogP contribution in [0.25, 0.3) is 21.8 Å². The monoisotopic (exact) mass is 711 g/mol. The third-order valence-corrected chi connectivity index (χ3v) is 11.5. The summed E-state index contributed by atoms with van der Waals surface area (Å²) in [6.07, 6.45) is 5.38. The van der Waals surface area contributed by atoms with E-state index in [-0.39, 0.29) is 54.2 Å². The molecular formula is C34H39BrFN5O4S. The van der Waals surface area contributed by atoms with Crippen molar-refractivity contribution in [1.29, 1.82) is 5.26 Å². The summed E-state index contributed by atoms with van der Waals surface area (Å²) < 4.78 is 30.3. The molecule has 0 unspecified atom stereocenters. The summed E-state index contributed by atoms with van der Waals surface area (Å²) in [7, 11) is 0. The highest BCUT2D eigenvalue weighted by atomic mass is 79.9. The number of hydrogen-bond acceptors (Lipinski definition) is 7. The van der Waals surface area contributed by atoms with Gasteiger partial charge in [-0.3, -0.25) is 4.90 Å². The molecule has 2 amide bonds. The van der Waals surface area contributed by atoms with Crippen LogP contribution in [-0.2, 0) is 15.9 Å². The number of benzene rings is 1. The van der Waals surface area contributed by atoms with E-state index in [1.807, 2.05) is 49.8 Å². The third kappa shape index (κ3) is 5.04. The zero-order valence-electron chi connectivity index (χ0n) is 26.8. The maximum absolute atomic E-state index is 16.2. The van der Waals surface area contributed by atoms with Crippen LogP contribution in [0.5, 0.6) is 0 Å². The average Bonchev–Trinajstić information content (AvgIpc) is 3.37. The van der Waals surface area contributed by atoms with E-state index in [1.165, 1.54) is 11.8 Å². The molecule has 2 saturated carbocycles. The van der Waals surface area contributed by atoms with Crippen LogP contribution in [0.15, 0.2) is 21.6 Å². The summed E-state index contributed by atoms with van der Waals surface area (Å²) in [5.41, 5.74) is 2.20. The number of carbonyl (C=O) groups excluding carboxylic acids is 2. The Morgan fingerprint density at radius 1 is 1.15 bits per heavy atom. The minimum absolute atomic E-state index is 0.0694. The largest absolute Gasteiger partial charge is 0.449 e. The summed E-state index contributed by atoms with van der Waals surface area (Å²) >= 11 is 4.92. The van der Waals surface area contributed by atoms with Gasteiger partial charge in [0, 0.05) is 41.4 Å². The maximum atomic E-state index is 16.2. The number of halogens is 2. The van der Waals surface area contributed by atoms with Gasteiger partial charge in [-0.05, 0) is 98.7 Å². The lowest BCUT2D eigenvalue weighted by Crippen LogP contribution is -2.45. The molecule has 8 rings (SSSR count). The third-order valence-electron chi connectivity index (χ3n) is 9.99. The van der Waals surface area contributed by atoms with Gasteiger partial charge in [-0.15, -0.1) is 11.8 Å². The summed E-state index contributed by atoms with van der Waals surface area (Å²) in [4.78, 5) is 35.5. The molecule has 244 valence electrons. The number of amides is 2. The normalized spacial score (nSPS) is 26.3. The molecule has 5 heterocycles. The SMILES string of the molecule is CCCOC(=O)N1[C@@H](c2cc3c(SC)nc4c(F)c(Br)c(CCC#N)cc4c3n2[C@H]2[C@@H]3C[C@H]2N(C(=O)OC(C)(C)C)C3)C[C@H]2C[C@H]21. The van der Waals surface area contributed by atoms with Gasteiger partial charge in [-0.1, -0.05) is 6.92 Å². The fraction of sp³-hybridized carbons (Fsp3) is 0.588. The molecule has 1 aromatic carbocycles. The lowest BCUT2D eigenvalue weighted by molar-refractivity contribution is 0.0208. The van der Waals surface area contributed by atoms with Gasteiger partial charge in [0.2, 0.25) is 0 Å². The number of thioether (sulfide) groups is 1. The first-order valence-electron chi connectivity index (χ1n) is 16.2. The number of fused-ring (bicyclic) bond motifs is 5. The fourth-order valence-electron chi connectivity index (χ4n) is 7.96. The van der Waals surface area contributed by atoms with E-state index >= 15 is 4.39 Å². The van der Waals surface area contributed by atoms with Crippen LogP contribution >= 0.6 is 27.7 Å². The summed E-state index contributed by atoms with van der Waals surface area (Å²) in [5.74, 6) is 0.154. The van der Waals surface area contributed by atoms with E-state index in [2.05, 4.69) is 32.6 Å². The van der Waals surface area contributed by atoms with Crippen molar-refractivity contribution < 1.29 is 23.5 Å². The van der Waals surface area contributed by atoms with Crippen molar-refractivity contribution in [3.8, 4) is 6.07 Å². The molecule has 0 radical (unpaired) electrons. The molecule has 46 heavy (non-hydrogen) atoms. The minimum Gasteiger partial charge on any atom is -0.449 e. The topological polar surface area (TPSA) is 101 Å². The van der Waals surface area contributed by atoms with E-state index in [9.17, 15) is 14.9 Å². The molecule has 6 atom stereocenters. The Morgan fingerprint density at radius 2 is 1.91 bits per heavy atom. The van der Waals surface area contributed by atoms with Gasteiger partial charge in [-0.25, -0.2) is 19.0 Å². The Kier molecular flexibility index (Phi) is 7.95. The van der Waals surface area contributed by atoms with E-state index in [4.69, 9.17) is 14.5 Å². The standard InChI is InChI=1S/C34H39BrFN5O4S/c1-6-10-44-33(43)40-22-12-18(22)13-23(40)24-15-21-30(41(24)29-19-14-25(29)39(16-19)32(42)45-34(2,3)4)20-11-17(8-7-9-37)26(35)27(36)28(20)38-31(21)46-5/h11,15,18-19,22-23,25,29H,6-8,10,12-14,16H2,1-5H3/t18-,19-,22-,23-,25-,29+/m1/s1. The molecule has 0 N–H and O–H groups in total. The van der Waals surface area contributed by atoms with Crippen LogP contribution in [0.3, 0.4) is 0 Å². The second kappa shape index (κ2) is 11.6. The Morgan fingerprint density at radius 3 is 2.61 bits per heavy atom. The number of nitriles is 1. The van der Waals surface area contributed by atoms with Crippen LogP contribution in [0.2, 0.25) is 0 Å². The molecule has 5 aliphatic rings. The highest BCUT2D eigenvalue weighted by Gasteiger charge is 2.59. The molecule has 9 nitrogen and oxygen atoms in total. The highest BCUT2D eigenvalue weighted by molar-refractivity contribution is 9.10. The quantitative estimate of drug-likeness (QED) is 0.228. The number of nitrogens with zero attached hydrogens (tertiary/aromatic N) is 5. The van der Waals surface area contributed by atoms with Crippen LogP contribution < -0.4 is 0 Å². The van der Waals surface area contributed by atoms with Crippen molar-refractivity contribution in [2.75, 3.05) is 19.4 Å². The van der Waals surface area contributed by atoms with Gasteiger partial charge < -0.3 is 18.9 Å². The van der Waals surface area contributed by atoms with Crippen LogP contribution in [0, 0.1) is 29.0 Å². The molecule has 5 fully saturated rings. The zero-order valence-corrected chi connectivity index (χ0v) is 29.2. The van der Waals surface area contributed by atoms with Crippen molar-refractivity contribution in [2.24, 2.45) is 11.8 Å². The smallest absolute Gasteiger partial charge is 0.410 e. The van der Waals surface area contributed by atoms with Crippen LogP contribution in [-0.4, -0.2) is 68.6 Å². The molecule has 0 spiro atoms. The fourth-order valence-corrected chi connectivity index (χ4v) is 9.02. The Bertz CT molecular complexity index is 1800. The number of likely N-dealkylation sites (tertiary alicyclic amines) is 1. The van der Waals surface area contributed by atoms with Crippen molar-refractivity contribution in [3.63, 3.8) is 0 Å². The van der Waals surface area contributed by atoms with Gasteiger partial charge in [0.25, 0.3) is 0 Å². The van der Waals surface area contributed by atoms with Gasteiger partial charge in [-0.2, -0.15) is 5.26 Å². The first-order valence-corrected chi connectivity index (χ1v) is 18.2. The predicted molar refractivity (Wildman–Crippen MR) is 177 cm³/mol. The van der Waals surface area contributed by atoms with Crippen molar-refractivity contribution in [3.05, 3.63) is 33.7 Å². The van der Waals surface area contributed by atoms with E-state index < -0.39 is 11.4 Å². The second-order valence-corrected chi connectivity index (χ2v) is 15.7. The molecule has 12 heteroatoms. The van der Waals surface area contributed by atoms with Crippen LogP contribution in [0.1, 0.15) is 83.1 Å². The number of rotatable bonds is 7. The van der Waals surface area contributed by atoms with Crippen molar-refractivity contribution in [1.82, 2.24) is 19.4 Å². The lowest BCUT2D eigenvalue weighted by Gasteiger charge is -2.41. The van der Waals surface area contributed by atoms with Gasteiger partial charge >= 0.3 is 12.2 Å². The molecule has 2 aliphatic carbocycles. The molecule has 3 aliphatic heterocycles. The molecule has 2 aromatic heterocycles. The molecule has 3 saturated heterocycles. The number of ether oxygens (including phenoxy) is 2. The van der Waals surface area contributed by atoms with Crippen molar-refractivity contribution >= 4 is 61.7 Å². The minimum atomic E-state index is -0.616. The summed E-state index contributed by atoms with van der Waals surface area (Å²) in [6.45, 7) is 8.55. The Labute approximate surface area is 280 Å². The second-order valence-electron chi connectivity index (χ2n) is 14.1. The Balaban J connectivity index is 1.44. The number of aryl methyl sites for hydroxylation is 1. The van der Waals surface area contributed by atoms with Gasteiger partial charge in [0.15, 0.2) is 5.82 Å². The number of aromatic nitrogens is 2. The Hall–Kier alpha value is -3.04. The van der Waals surface area contributed by atoms with Crippen LogP contribution in [0.4, 0.5) is 14.0 Å². The maximum Gasteiger partial charge on any atom is 0.410 e. The van der Waals surface area contributed by atoms with E-state index in [0.717, 1.165) is 42.3 Å². The highest BCUT2D eigenvalue weighted by Crippen LogP contribution is 2.58. The average molecular weight is 713 g/mol. The first-order chi connectivity index (χ1) is 22.0. The number of piperidine rings is 1. The number of hydrogen-bond donors (Lipinski definition) is 0. The molecular weight excluding hydrogens is 673 g/mol. The summed E-state index contributed by atoms with van der Waals surface area (Å²) in [5, 5.41) is 11.6. The molecule has 2 bridgehead atoms. The number of carbonyl (C=O) groups is 2. The van der Waals surface area contributed by atoms with Gasteiger partial charge in [0.05, 0.1) is 40.8 Å². The van der Waals surface area contributed by atoms with E-state index in [1.54, 1.807) is 0 Å². The number of pyridine rings is 1. The van der Waals surface area contributed by atoms with E-state index in [0.29, 0.717) is 45.9 Å². The van der Waals surface area contributed by atoms with Crippen molar-refractivity contribution in [2.45, 2.75) is 101 Å². The zero-order chi connectivity index (χ0) is 32.7. The lowest BCUT2D eigenvalue weighted by atomic mass is 9.79. The first kappa shape index (κ1) is 31.6.